The molecule has 0 spiro atoms. The first kappa shape index (κ1) is 19.5. The fraction of sp³-hybridized carbons (Fsp3) is 0.276. The summed E-state index contributed by atoms with van der Waals surface area (Å²) in [6.07, 6.45) is 3.21. The second-order valence-corrected chi connectivity index (χ2v) is 9.28. The summed E-state index contributed by atoms with van der Waals surface area (Å²) in [5.74, 6) is 1.52. The number of ether oxygens (including phenoxy) is 1. The van der Waals surface area contributed by atoms with E-state index in [1.807, 2.05) is 6.07 Å². The van der Waals surface area contributed by atoms with Gasteiger partial charge in [0.15, 0.2) is 0 Å². The maximum Gasteiger partial charge on any atom is 0.120 e. The normalized spacial score (nSPS) is 22.2. The van der Waals surface area contributed by atoms with Crippen molar-refractivity contribution in [1.82, 2.24) is 10.3 Å². The van der Waals surface area contributed by atoms with Crippen LogP contribution in [0.25, 0.3) is 10.9 Å². The standard InChI is InChI=1S/C29H28N2O/c1-2-7-21(8-3-1)20-32-26-11-6-10-24(17-26)29-13-14-30-19-25(29)16-23-15-22-9-4-5-12-27(22)31-28(23)18-29/h1-12,15,17,25,30H,13-14,16,18-20H2/t25-,29-/m0/s1. The Morgan fingerprint density at radius 1 is 0.938 bits per heavy atom. The summed E-state index contributed by atoms with van der Waals surface area (Å²) in [7, 11) is 0. The molecular weight excluding hydrogens is 392 g/mol. The lowest BCUT2D eigenvalue weighted by molar-refractivity contribution is 0.180. The first-order valence-electron chi connectivity index (χ1n) is 11.7. The van der Waals surface area contributed by atoms with Crippen LogP contribution in [-0.4, -0.2) is 18.1 Å². The fourth-order valence-corrected chi connectivity index (χ4v) is 5.70. The predicted molar refractivity (Wildman–Crippen MR) is 129 cm³/mol. The zero-order valence-corrected chi connectivity index (χ0v) is 18.3. The molecule has 1 aliphatic carbocycles. The van der Waals surface area contributed by atoms with Gasteiger partial charge >= 0.3 is 0 Å². The van der Waals surface area contributed by atoms with Crippen LogP contribution in [0.1, 0.15) is 28.8 Å². The van der Waals surface area contributed by atoms with E-state index in [0.29, 0.717) is 12.5 Å². The molecule has 1 fully saturated rings. The third kappa shape index (κ3) is 3.47. The van der Waals surface area contributed by atoms with Crippen molar-refractivity contribution < 1.29 is 4.74 Å². The number of nitrogens with one attached hydrogen (secondary N) is 1. The van der Waals surface area contributed by atoms with E-state index in [4.69, 9.17) is 9.72 Å². The van der Waals surface area contributed by atoms with E-state index in [0.717, 1.165) is 43.6 Å². The lowest BCUT2D eigenvalue weighted by Gasteiger charge is -2.48. The molecule has 0 amide bonds. The number of hydrogen-bond donors (Lipinski definition) is 1. The Morgan fingerprint density at radius 3 is 2.75 bits per heavy atom. The van der Waals surface area contributed by atoms with Gasteiger partial charge < -0.3 is 10.1 Å². The summed E-state index contributed by atoms with van der Waals surface area (Å²) in [5.41, 5.74) is 6.50. The largest absolute Gasteiger partial charge is 0.489 e. The number of nitrogens with zero attached hydrogens (tertiary/aromatic N) is 1. The highest BCUT2D eigenvalue weighted by molar-refractivity contribution is 5.79. The van der Waals surface area contributed by atoms with Gasteiger partial charge in [-0.25, -0.2) is 0 Å². The van der Waals surface area contributed by atoms with Crippen molar-refractivity contribution in [3.8, 4) is 5.75 Å². The van der Waals surface area contributed by atoms with Crippen LogP contribution in [0.5, 0.6) is 5.75 Å². The molecule has 1 aliphatic heterocycles. The molecule has 0 bridgehead atoms. The molecule has 32 heavy (non-hydrogen) atoms. The van der Waals surface area contributed by atoms with Crippen LogP contribution in [0.4, 0.5) is 0 Å². The van der Waals surface area contributed by atoms with E-state index in [1.165, 1.54) is 27.8 Å². The van der Waals surface area contributed by atoms with Gasteiger partial charge in [-0.2, -0.15) is 0 Å². The zero-order valence-electron chi connectivity index (χ0n) is 18.3. The second-order valence-electron chi connectivity index (χ2n) is 9.28. The van der Waals surface area contributed by atoms with Gasteiger partial charge in [-0.3, -0.25) is 4.98 Å². The average Bonchev–Trinajstić information content (AvgIpc) is 2.85. The van der Waals surface area contributed by atoms with E-state index in [1.54, 1.807) is 0 Å². The molecule has 2 heterocycles. The molecule has 2 atom stereocenters. The van der Waals surface area contributed by atoms with Crippen molar-refractivity contribution >= 4 is 10.9 Å². The number of pyridine rings is 1. The SMILES string of the molecule is c1ccc(COc2cccc([C@@]34CCNC[C@@H]3Cc3cc5ccccc5nc3C4)c2)cc1. The van der Waals surface area contributed by atoms with Gasteiger partial charge in [-0.1, -0.05) is 60.7 Å². The molecule has 3 heteroatoms. The molecule has 1 saturated heterocycles. The Morgan fingerprint density at radius 2 is 1.81 bits per heavy atom. The quantitative estimate of drug-likeness (QED) is 0.476. The minimum absolute atomic E-state index is 0.111. The number of fused-ring (bicyclic) bond motifs is 3. The molecule has 3 aromatic carbocycles. The van der Waals surface area contributed by atoms with Gasteiger partial charge in [0.1, 0.15) is 12.4 Å². The third-order valence-electron chi connectivity index (χ3n) is 7.42. The third-order valence-corrected chi connectivity index (χ3v) is 7.42. The number of para-hydroxylation sites is 1. The van der Waals surface area contributed by atoms with Crippen molar-refractivity contribution in [1.29, 1.82) is 0 Å². The zero-order chi connectivity index (χ0) is 21.4. The summed E-state index contributed by atoms with van der Waals surface area (Å²) < 4.78 is 6.20. The van der Waals surface area contributed by atoms with E-state index < -0.39 is 0 Å². The molecule has 3 nitrogen and oxygen atoms in total. The Bertz CT molecular complexity index is 1250. The maximum absolute atomic E-state index is 6.20. The smallest absolute Gasteiger partial charge is 0.120 e. The monoisotopic (exact) mass is 420 g/mol. The number of piperidine rings is 1. The Hall–Kier alpha value is -3.17. The highest BCUT2D eigenvalue weighted by Crippen LogP contribution is 2.47. The van der Waals surface area contributed by atoms with Gasteiger partial charge in [0.05, 0.1) is 5.52 Å². The molecule has 2 aliphatic rings. The van der Waals surface area contributed by atoms with Crippen LogP contribution >= 0.6 is 0 Å². The van der Waals surface area contributed by atoms with Crippen molar-refractivity contribution in [3.05, 3.63) is 107 Å². The van der Waals surface area contributed by atoms with Crippen LogP contribution in [0, 0.1) is 5.92 Å². The number of aromatic nitrogens is 1. The second kappa shape index (κ2) is 8.07. The number of hydrogen-bond acceptors (Lipinski definition) is 3. The average molecular weight is 421 g/mol. The molecule has 1 aromatic heterocycles. The summed E-state index contributed by atoms with van der Waals surface area (Å²) in [4.78, 5) is 5.12. The lowest BCUT2D eigenvalue weighted by Crippen LogP contribution is -2.52. The molecule has 160 valence electrons. The van der Waals surface area contributed by atoms with Crippen molar-refractivity contribution in [2.45, 2.75) is 31.3 Å². The van der Waals surface area contributed by atoms with Crippen LogP contribution < -0.4 is 10.1 Å². The highest BCUT2D eigenvalue weighted by atomic mass is 16.5. The van der Waals surface area contributed by atoms with Crippen LogP contribution in [0.15, 0.2) is 84.9 Å². The minimum Gasteiger partial charge on any atom is -0.489 e. The lowest BCUT2D eigenvalue weighted by atomic mass is 9.59. The van der Waals surface area contributed by atoms with Gasteiger partial charge in [-0.05, 0) is 72.8 Å². The van der Waals surface area contributed by atoms with Gasteiger partial charge in [0, 0.05) is 22.9 Å². The topological polar surface area (TPSA) is 34.1 Å². The van der Waals surface area contributed by atoms with E-state index in [9.17, 15) is 0 Å². The van der Waals surface area contributed by atoms with E-state index in [-0.39, 0.29) is 5.41 Å². The Balaban J connectivity index is 1.35. The fourth-order valence-electron chi connectivity index (χ4n) is 5.70. The molecular formula is C29H28N2O. The summed E-state index contributed by atoms with van der Waals surface area (Å²) >= 11 is 0. The number of benzene rings is 3. The molecule has 0 saturated carbocycles. The predicted octanol–water partition coefficient (Wildman–Crippen LogP) is 5.46. The van der Waals surface area contributed by atoms with Crippen LogP contribution in [0.2, 0.25) is 0 Å². The summed E-state index contributed by atoms with van der Waals surface area (Å²) in [6, 6.07) is 30.1. The van der Waals surface area contributed by atoms with Gasteiger partial charge in [0.2, 0.25) is 0 Å². The van der Waals surface area contributed by atoms with Gasteiger partial charge in [0.25, 0.3) is 0 Å². The first-order chi connectivity index (χ1) is 15.8. The molecule has 6 rings (SSSR count). The number of rotatable bonds is 4. The van der Waals surface area contributed by atoms with E-state index >= 15 is 0 Å². The van der Waals surface area contributed by atoms with Gasteiger partial charge in [-0.15, -0.1) is 0 Å². The molecule has 1 N–H and O–H groups in total. The molecule has 4 aromatic rings. The first-order valence-corrected chi connectivity index (χ1v) is 11.7. The Kier molecular flexibility index (Phi) is 4.92. The van der Waals surface area contributed by atoms with Crippen molar-refractivity contribution in [2.24, 2.45) is 5.92 Å². The minimum atomic E-state index is 0.111. The van der Waals surface area contributed by atoms with E-state index in [2.05, 4.69) is 84.2 Å². The van der Waals surface area contributed by atoms with Crippen molar-refractivity contribution in [3.63, 3.8) is 0 Å². The van der Waals surface area contributed by atoms with Crippen molar-refractivity contribution in [2.75, 3.05) is 13.1 Å². The molecule has 0 radical (unpaired) electrons. The van der Waals surface area contributed by atoms with Crippen LogP contribution in [-0.2, 0) is 24.9 Å². The van der Waals surface area contributed by atoms with Crippen LogP contribution in [0.3, 0.4) is 0 Å². The summed E-state index contributed by atoms with van der Waals surface area (Å²) in [5, 5.41) is 4.90. The molecule has 0 unspecified atom stereocenters. The summed E-state index contributed by atoms with van der Waals surface area (Å²) in [6.45, 7) is 2.70. The Labute approximate surface area is 189 Å². The highest BCUT2D eigenvalue weighted by Gasteiger charge is 2.46. The maximum atomic E-state index is 6.20.